The molecule has 1 saturated heterocycles. The average Bonchev–Trinajstić information content (AvgIpc) is 2.61. The molecule has 0 unspecified atom stereocenters. The number of benzene rings is 1. The molecule has 24 heavy (non-hydrogen) atoms. The fourth-order valence-corrected chi connectivity index (χ4v) is 2.62. The number of ether oxygens (including phenoxy) is 2. The first-order valence-electron chi connectivity index (χ1n) is 7.87. The highest BCUT2D eigenvalue weighted by atomic mass is 16.5. The number of carbonyl (C=O) groups excluding carboxylic acids is 1. The molecule has 0 aliphatic carbocycles. The molecular weight excluding hydrogens is 312 g/mol. The maximum atomic E-state index is 12.2. The Balaban J connectivity index is 1.67. The topological polar surface area (TPSA) is 81.0 Å². The molecular formula is C17H20N2O5. The first kappa shape index (κ1) is 16.5. The number of morpholine rings is 1. The van der Waals surface area contributed by atoms with Gasteiger partial charge in [-0.2, -0.15) is 0 Å². The van der Waals surface area contributed by atoms with E-state index in [0.29, 0.717) is 36.5 Å². The Bertz CT molecular complexity index is 780. The summed E-state index contributed by atoms with van der Waals surface area (Å²) in [4.78, 5) is 26.5. The van der Waals surface area contributed by atoms with Gasteiger partial charge in [0.25, 0.3) is 5.91 Å². The lowest BCUT2D eigenvalue weighted by atomic mass is 10.1. The predicted octanol–water partition coefficient (Wildman–Crippen LogP) is 0.864. The zero-order valence-electron chi connectivity index (χ0n) is 13.5. The maximum Gasteiger partial charge on any atom is 0.349 e. The van der Waals surface area contributed by atoms with Gasteiger partial charge in [-0.25, -0.2) is 4.79 Å². The summed E-state index contributed by atoms with van der Waals surface area (Å²) in [5, 5.41) is 3.44. The summed E-state index contributed by atoms with van der Waals surface area (Å²) in [6.45, 7) is 4.34. The van der Waals surface area contributed by atoms with Gasteiger partial charge >= 0.3 is 5.63 Å². The fourth-order valence-electron chi connectivity index (χ4n) is 2.62. The number of rotatable bonds is 5. The van der Waals surface area contributed by atoms with Gasteiger partial charge in [0, 0.05) is 37.6 Å². The average molecular weight is 332 g/mol. The smallest absolute Gasteiger partial charge is 0.349 e. The SMILES string of the molecule is COc1ccc2cc(C(=O)NCCN3CCOCC3)c(=O)oc2c1. The predicted molar refractivity (Wildman–Crippen MR) is 88.6 cm³/mol. The molecule has 7 heteroatoms. The Kier molecular flexibility index (Phi) is 5.12. The molecule has 1 aromatic carbocycles. The fraction of sp³-hybridized carbons (Fsp3) is 0.412. The second-order valence-corrected chi connectivity index (χ2v) is 5.56. The number of amides is 1. The number of nitrogens with one attached hydrogen (secondary N) is 1. The van der Waals surface area contributed by atoms with Crippen LogP contribution in [0.1, 0.15) is 10.4 Å². The van der Waals surface area contributed by atoms with Crippen LogP contribution in [0, 0.1) is 0 Å². The minimum absolute atomic E-state index is 0.00893. The van der Waals surface area contributed by atoms with E-state index in [2.05, 4.69) is 10.2 Å². The Labute approximate surface area is 139 Å². The molecule has 1 aliphatic rings. The second-order valence-electron chi connectivity index (χ2n) is 5.56. The van der Waals surface area contributed by atoms with Gasteiger partial charge in [-0.3, -0.25) is 9.69 Å². The van der Waals surface area contributed by atoms with Crippen molar-refractivity contribution in [3.8, 4) is 5.75 Å². The Morgan fingerprint density at radius 3 is 2.83 bits per heavy atom. The van der Waals surface area contributed by atoms with Crippen molar-refractivity contribution in [2.75, 3.05) is 46.5 Å². The summed E-state index contributed by atoms with van der Waals surface area (Å²) in [6.07, 6.45) is 0. The number of nitrogens with zero attached hydrogens (tertiary/aromatic N) is 1. The third-order valence-corrected chi connectivity index (χ3v) is 4.01. The molecule has 0 saturated carbocycles. The van der Waals surface area contributed by atoms with Crippen LogP contribution in [-0.4, -0.2) is 57.3 Å². The molecule has 1 fully saturated rings. The van der Waals surface area contributed by atoms with Gasteiger partial charge in [-0.1, -0.05) is 0 Å². The van der Waals surface area contributed by atoms with Crippen LogP contribution >= 0.6 is 0 Å². The van der Waals surface area contributed by atoms with E-state index in [4.69, 9.17) is 13.9 Å². The Hall–Kier alpha value is -2.38. The molecule has 1 aromatic heterocycles. The van der Waals surface area contributed by atoms with Crippen LogP contribution in [0.5, 0.6) is 5.75 Å². The van der Waals surface area contributed by atoms with Crippen molar-refractivity contribution >= 4 is 16.9 Å². The van der Waals surface area contributed by atoms with Crippen molar-refractivity contribution in [1.29, 1.82) is 0 Å². The summed E-state index contributed by atoms with van der Waals surface area (Å²) in [5.74, 6) is 0.170. The van der Waals surface area contributed by atoms with Crippen LogP contribution in [0.4, 0.5) is 0 Å². The van der Waals surface area contributed by atoms with Crippen molar-refractivity contribution in [2.24, 2.45) is 0 Å². The quantitative estimate of drug-likeness (QED) is 0.818. The largest absolute Gasteiger partial charge is 0.497 e. The highest BCUT2D eigenvalue weighted by molar-refractivity contribution is 5.96. The van der Waals surface area contributed by atoms with Crippen LogP contribution in [-0.2, 0) is 4.74 Å². The Morgan fingerprint density at radius 1 is 1.29 bits per heavy atom. The molecule has 1 amide bonds. The summed E-state index contributed by atoms with van der Waals surface area (Å²) in [5.41, 5.74) is -0.251. The third-order valence-electron chi connectivity index (χ3n) is 4.01. The molecule has 3 rings (SSSR count). The van der Waals surface area contributed by atoms with Gasteiger partial charge in [0.15, 0.2) is 0 Å². The summed E-state index contributed by atoms with van der Waals surface area (Å²) in [7, 11) is 1.54. The van der Waals surface area contributed by atoms with Gasteiger partial charge in [-0.05, 0) is 18.2 Å². The van der Waals surface area contributed by atoms with Gasteiger partial charge in [0.2, 0.25) is 0 Å². The van der Waals surface area contributed by atoms with Crippen LogP contribution < -0.4 is 15.7 Å². The summed E-state index contributed by atoms with van der Waals surface area (Å²) in [6, 6.07) is 6.67. The molecule has 2 heterocycles. The summed E-state index contributed by atoms with van der Waals surface area (Å²) < 4.78 is 15.6. The highest BCUT2D eigenvalue weighted by Crippen LogP contribution is 2.20. The standard InChI is InChI=1S/C17H20N2O5/c1-22-13-3-2-12-10-14(17(21)24-15(12)11-13)16(20)18-4-5-19-6-8-23-9-7-19/h2-3,10-11H,4-9H2,1H3,(H,18,20). The number of hydrogen-bond donors (Lipinski definition) is 1. The second kappa shape index (κ2) is 7.46. The molecule has 1 aliphatic heterocycles. The van der Waals surface area contributed by atoms with E-state index in [0.717, 1.165) is 19.6 Å². The molecule has 2 aromatic rings. The molecule has 1 N–H and O–H groups in total. The molecule has 0 spiro atoms. The third kappa shape index (κ3) is 3.74. The van der Waals surface area contributed by atoms with E-state index in [1.54, 1.807) is 24.3 Å². The lowest BCUT2D eigenvalue weighted by molar-refractivity contribution is 0.0383. The zero-order chi connectivity index (χ0) is 16.9. The number of fused-ring (bicyclic) bond motifs is 1. The van der Waals surface area contributed by atoms with Crippen LogP contribution in [0.2, 0.25) is 0 Å². The van der Waals surface area contributed by atoms with Gasteiger partial charge in [0.1, 0.15) is 16.9 Å². The van der Waals surface area contributed by atoms with E-state index >= 15 is 0 Å². The van der Waals surface area contributed by atoms with E-state index in [1.165, 1.54) is 7.11 Å². The van der Waals surface area contributed by atoms with E-state index in [9.17, 15) is 9.59 Å². The molecule has 128 valence electrons. The van der Waals surface area contributed by atoms with Gasteiger partial charge in [0.05, 0.1) is 20.3 Å². The number of hydrogen-bond acceptors (Lipinski definition) is 6. The van der Waals surface area contributed by atoms with E-state index < -0.39 is 11.5 Å². The molecule has 0 bridgehead atoms. The van der Waals surface area contributed by atoms with Crippen molar-refractivity contribution in [2.45, 2.75) is 0 Å². The normalized spacial score (nSPS) is 15.4. The lowest BCUT2D eigenvalue weighted by Crippen LogP contribution is -2.41. The van der Waals surface area contributed by atoms with Crippen molar-refractivity contribution < 1.29 is 18.7 Å². The minimum Gasteiger partial charge on any atom is -0.497 e. The maximum absolute atomic E-state index is 12.2. The van der Waals surface area contributed by atoms with Crippen LogP contribution in [0.25, 0.3) is 11.0 Å². The van der Waals surface area contributed by atoms with Crippen LogP contribution in [0.3, 0.4) is 0 Å². The van der Waals surface area contributed by atoms with Crippen molar-refractivity contribution in [3.05, 3.63) is 40.2 Å². The zero-order valence-corrected chi connectivity index (χ0v) is 13.5. The van der Waals surface area contributed by atoms with Gasteiger partial charge < -0.3 is 19.2 Å². The molecule has 0 atom stereocenters. The summed E-state index contributed by atoms with van der Waals surface area (Å²) >= 11 is 0. The number of carbonyl (C=O) groups is 1. The van der Waals surface area contributed by atoms with E-state index in [1.807, 2.05) is 0 Å². The highest BCUT2D eigenvalue weighted by Gasteiger charge is 2.15. The number of methoxy groups -OCH3 is 1. The van der Waals surface area contributed by atoms with Crippen LogP contribution in [0.15, 0.2) is 33.5 Å². The molecule has 0 radical (unpaired) electrons. The Morgan fingerprint density at radius 2 is 2.08 bits per heavy atom. The lowest BCUT2D eigenvalue weighted by Gasteiger charge is -2.26. The first-order chi connectivity index (χ1) is 11.7. The van der Waals surface area contributed by atoms with E-state index in [-0.39, 0.29) is 5.56 Å². The van der Waals surface area contributed by atoms with Gasteiger partial charge in [-0.15, -0.1) is 0 Å². The molecule has 7 nitrogen and oxygen atoms in total. The van der Waals surface area contributed by atoms with Crippen molar-refractivity contribution in [1.82, 2.24) is 10.2 Å². The first-order valence-corrected chi connectivity index (χ1v) is 7.87. The monoisotopic (exact) mass is 332 g/mol. The minimum atomic E-state index is -0.653. The van der Waals surface area contributed by atoms with Crippen molar-refractivity contribution in [3.63, 3.8) is 0 Å².